The van der Waals surface area contributed by atoms with Crippen LogP contribution in [0, 0.1) is 0 Å². The summed E-state index contributed by atoms with van der Waals surface area (Å²) in [5.41, 5.74) is 2.47. The van der Waals surface area contributed by atoms with Crippen LogP contribution in [0.25, 0.3) is 22.4 Å². The van der Waals surface area contributed by atoms with Crippen molar-refractivity contribution in [2.75, 3.05) is 17.9 Å². The van der Waals surface area contributed by atoms with Crippen LogP contribution in [-0.2, 0) is 4.79 Å². The Morgan fingerprint density at radius 1 is 1.14 bits per heavy atom. The lowest BCUT2D eigenvalue weighted by molar-refractivity contribution is -0.113. The lowest BCUT2D eigenvalue weighted by Gasteiger charge is -2.05. The van der Waals surface area contributed by atoms with E-state index in [0.717, 1.165) is 16.5 Å². The third-order valence-electron chi connectivity index (χ3n) is 4.21. The summed E-state index contributed by atoms with van der Waals surface area (Å²) in [7, 11) is 0. The molecule has 0 bridgehead atoms. The predicted molar refractivity (Wildman–Crippen MR) is 104 cm³/mol. The molecule has 0 atom stereocenters. The lowest BCUT2D eigenvalue weighted by atomic mass is 10.2. The molecule has 4 aromatic rings. The number of amides is 1. The number of aromatic nitrogens is 3. The van der Waals surface area contributed by atoms with Crippen molar-refractivity contribution in [1.29, 1.82) is 0 Å². The van der Waals surface area contributed by atoms with Gasteiger partial charge in [0.2, 0.25) is 12.7 Å². The van der Waals surface area contributed by atoms with E-state index in [9.17, 15) is 4.79 Å². The topological polar surface area (TPSA) is 102 Å². The first-order valence-electron chi connectivity index (χ1n) is 8.48. The third-order valence-corrected chi connectivity index (χ3v) is 5.03. The van der Waals surface area contributed by atoms with E-state index in [2.05, 4.69) is 20.5 Å². The number of carbonyl (C=O) groups is 1. The summed E-state index contributed by atoms with van der Waals surface area (Å²) in [4.78, 5) is 15.4. The summed E-state index contributed by atoms with van der Waals surface area (Å²) in [6.45, 7) is 0.193. The maximum atomic E-state index is 12.2. The van der Waals surface area contributed by atoms with Gasteiger partial charge in [0, 0.05) is 28.9 Å². The quantitative estimate of drug-likeness (QED) is 0.498. The first kappa shape index (κ1) is 16.7. The Bertz CT molecular complexity index is 1170. The third kappa shape index (κ3) is 3.16. The van der Waals surface area contributed by atoms with E-state index in [1.807, 2.05) is 30.5 Å². The molecule has 5 rings (SSSR count). The second kappa shape index (κ2) is 6.93. The number of hydrogen-bond acceptors (Lipinski definition) is 7. The molecule has 0 spiro atoms. The zero-order valence-corrected chi connectivity index (χ0v) is 15.3. The van der Waals surface area contributed by atoms with Crippen LogP contribution in [0.3, 0.4) is 0 Å². The zero-order chi connectivity index (χ0) is 18.9. The van der Waals surface area contributed by atoms with Crippen LogP contribution in [0.5, 0.6) is 11.5 Å². The fourth-order valence-electron chi connectivity index (χ4n) is 2.92. The average molecular weight is 394 g/mol. The molecule has 2 N–H and O–H groups in total. The molecular formula is C19H14N4O4S. The highest BCUT2D eigenvalue weighted by atomic mass is 32.2. The Kier molecular flexibility index (Phi) is 4.13. The minimum Gasteiger partial charge on any atom is -0.454 e. The Hall–Kier alpha value is -3.46. The second-order valence-electron chi connectivity index (χ2n) is 6.03. The fraction of sp³-hybridized carbons (Fsp3) is 0.105. The molecule has 8 nitrogen and oxygen atoms in total. The fourth-order valence-corrected chi connectivity index (χ4v) is 3.49. The number of anilines is 1. The largest absolute Gasteiger partial charge is 0.454 e. The van der Waals surface area contributed by atoms with E-state index in [-0.39, 0.29) is 18.5 Å². The number of thioether (sulfide) groups is 1. The van der Waals surface area contributed by atoms with Crippen LogP contribution in [0.4, 0.5) is 5.69 Å². The molecule has 0 saturated carbocycles. The number of nitrogens with zero attached hydrogens (tertiary/aromatic N) is 2. The van der Waals surface area contributed by atoms with Crippen molar-refractivity contribution in [2.24, 2.45) is 0 Å². The number of para-hydroxylation sites is 1. The van der Waals surface area contributed by atoms with Gasteiger partial charge in [0.15, 0.2) is 11.5 Å². The molecular weight excluding hydrogens is 380 g/mol. The lowest BCUT2D eigenvalue weighted by Crippen LogP contribution is -2.13. The maximum Gasteiger partial charge on any atom is 0.277 e. The summed E-state index contributed by atoms with van der Waals surface area (Å²) in [5, 5.41) is 12.3. The molecule has 140 valence electrons. The van der Waals surface area contributed by atoms with Crippen LogP contribution in [0.15, 0.2) is 58.3 Å². The van der Waals surface area contributed by atoms with Crippen LogP contribution in [0.2, 0.25) is 0 Å². The van der Waals surface area contributed by atoms with Crippen molar-refractivity contribution in [3.8, 4) is 23.0 Å². The van der Waals surface area contributed by atoms with Crippen molar-refractivity contribution in [3.63, 3.8) is 0 Å². The summed E-state index contributed by atoms with van der Waals surface area (Å²) in [6, 6.07) is 13.1. The minimum atomic E-state index is -0.185. The molecule has 3 heterocycles. The highest BCUT2D eigenvalue weighted by Crippen LogP contribution is 2.34. The molecule has 0 saturated heterocycles. The van der Waals surface area contributed by atoms with Gasteiger partial charge in [-0.1, -0.05) is 30.0 Å². The molecule has 0 unspecified atom stereocenters. The van der Waals surface area contributed by atoms with Gasteiger partial charge in [0.1, 0.15) is 0 Å². The molecule has 1 aliphatic rings. The zero-order valence-electron chi connectivity index (χ0n) is 14.5. The molecule has 28 heavy (non-hydrogen) atoms. The molecule has 9 heteroatoms. The van der Waals surface area contributed by atoms with Crippen molar-refractivity contribution in [1.82, 2.24) is 15.2 Å². The number of nitrogens with one attached hydrogen (secondary N) is 2. The van der Waals surface area contributed by atoms with Gasteiger partial charge in [-0.3, -0.25) is 4.79 Å². The summed E-state index contributed by atoms with van der Waals surface area (Å²) in [6.07, 6.45) is 1.83. The predicted octanol–water partition coefficient (Wildman–Crippen LogP) is 3.68. The molecule has 1 aliphatic heterocycles. The number of H-pyrrole nitrogens is 1. The van der Waals surface area contributed by atoms with Gasteiger partial charge in [0.25, 0.3) is 11.1 Å². The highest BCUT2D eigenvalue weighted by molar-refractivity contribution is 7.99. The van der Waals surface area contributed by atoms with Crippen molar-refractivity contribution < 1.29 is 18.7 Å². The number of hydrogen-bond donors (Lipinski definition) is 2. The highest BCUT2D eigenvalue weighted by Gasteiger charge is 2.16. The Balaban J connectivity index is 1.23. The van der Waals surface area contributed by atoms with Gasteiger partial charge in [-0.05, 0) is 18.2 Å². The molecule has 2 aromatic carbocycles. The van der Waals surface area contributed by atoms with Gasteiger partial charge in [-0.25, -0.2) is 0 Å². The van der Waals surface area contributed by atoms with Gasteiger partial charge >= 0.3 is 0 Å². The van der Waals surface area contributed by atoms with E-state index < -0.39 is 0 Å². The SMILES string of the molecule is O=C(CSc1nnc(-c2c[nH]c3ccccc23)o1)Nc1ccc2c(c1)OCO2. The van der Waals surface area contributed by atoms with Gasteiger partial charge in [0.05, 0.1) is 11.3 Å². The minimum absolute atomic E-state index is 0.143. The summed E-state index contributed by atoms with van der Waals surface area (Å²) in [5.74, 6) is 1.66. The van der Waals surface area contributed by atoms with Crippen LogP contribution in [-0.4, -0.2) is 33.6 Å². The van der Waals surface area contributed by atoms with Gasteiger partial charge in [-0.2, -0.15) is 0 Å². The van der Waals surface area contributed by atoms with Crippen molar-refractivity contribution in [3.05, 3.63) is 48.7 Å². The monoisotopic (exact) mass is 394 g/mol. The van der Waals surface area contributed by atoms with Crippen LogP contribution < -0.4 is 14.8 Å². The Morgan fingerprint density at radius 3 is 3.00 bits per heavy atom. The first-order chi connectivity index (χ1) is 13.8. The molecule has 0 fully saturated rings. The first-order valence-corrected chi connectivity index (χ1v) is 9.47. The number of carbonyl (C=O) groups excluding carboxylic acids is 1. The Labute approximate surface area is 163 Å². The van der Waals surface area contributed by atoms with Crippen LogP contribution >= 0.6 is 11.8 Å². The second-order valence-corrected chi connectivity index (χ2v) is 6.95. The van der Waals surface area contributed by atoms with Crippen LogP contribution in [0.1, 0.15) is 0 Å². The maximum absolute atomic E-state index is 12.2. The van der Waals surface area contributed by atoms with E-state index >= 15 is 0 Å². The molecule has 2 aromatic heterocycles. The van der Waals surface area contributed by atoms with Crippen molar-refractivity contribution in [2.45, 2.75) is 5.22 Å². The van der Waals surface area contributed by atoms with Crippen molar-refractivity contribution >= 4 is 34.3 Å². The van der Waals surface area contributed by atoms with Gasteiger partial charge < -0.3 is 24.2 Å². The van der Waals surface area contributed by atoms with E-state index in [4.69, 9.17) is 13.9 Å². The number of aromatic amines is 1. The van der Waals surface area contributed by atoms with E-state index in [1.54, 1.807) is 18.2 Å². The summed E-state index contributed by atoms with van der Waals surface area (Å²) >= 11 is 1.18. The number of fused-ring (bicyclic) bond motifs is 2. The molecule has 1 amide bonds. The number of benzene rings is 2. The summed E-state index contributed by atoms with van der Waals surface area (Å²) < 4.78 is 16.3. The number of ether oxygens (including phenoxy) is 2. The molecule has 0 aliphatic carbocycles. The number of rotatable bonds is 5. The normalized spacial score (nSPS) is 12.4. The standard InChI is InChI=1S/C19H14N4O4S/c24-17(21-11-5-6-15-16(7-11)26-10-25-15)9-28-19-23-22-18(27-19)13-8-20-14-4-2-1-3-12(13)14/h1-8,20H,9-10H2,(H,21,24). The van der Waals surface area contributed by atoms with E-state index in [0.29, 0.717) is 28.3 Å². The average Bonchev–Trinajstić information content (AvgIpc) is 3.44. The van der Waals surface area contributed by atoms with E-state index in [1.165, 1.54) is 11.8 Å². The Morgan fingerprint density at radius 2 is 2.04 bits per heavy atom. The van der Waals surface area contributed by atoms with Gasteiger partial charge in [-0.15, -0.1) is 10.2 Å². The molecule has 0 radical (unpaired) electrons. The smallest absolute Gasteiger partial charge is 0.277 e.